The quantitative estimate of drug-likeness (QED) is 0.741. The number of H-pyrrole nitrogens is 1. The molecule has 3 aromatic rings. The highest BCUT2D eigenvalue weighted by Crippen LogP contribution is 2.24. The molecule has 1 aliphatic heterocycles. The highest BCUT2D eigenvalue weighted by Gasteiger charge is 2.22. The molecule has 140 valence electrons. The summed E-state index contributed by atoms with van der Waals surface area (Å²) in [6.45, 7) is 6.45. The van der Waals surface area contributed by atoms with Gasteiger partial charge in [-0.25, -0.2) is 0 Å². The van der Waals surface area contributed by atoms with Crippen LogP contribution in [0.3, 0.4) is 0 Å². The van der Waals surface area contributed by atoms with Gasteiger partial charge in [0.1, 0.15) is 0 Å². The van der Waals surface area contributed by atoms with Crippen LogP contribution in [0.5, 0.6) is 0 Å². The van der Waals surface area contributed by atoms with Gasteiger partial charge < -0.3 is 9.88 Å². The number of nitrogens with zero attached hydrogens (tertiary/aromatic N) is 2. The monoisotopic (exact) mass is 381 g/mol. The first kappa shape index (κ1) is 18.1. The first-order valence-electron chi connectivity index (χ1n) is 9.41. The zero-order valence-corrected chi connectivity index (χ0v) is 16.3. The molecule has 1 saturated heterocycles. The van der Waals surface area contributed by atoms with E-state index in [9.17, 15) is 4.79 Å². The number of fused-ring (bicyclic) bond motifs is 1. The number of carbonyl (C=O) groups is 1. The fourth-order valence-electron chi connectivity index (χ4n) is 3.81. The summed E-state index contributed by atoms with van der Waals surface area (Å²) in [5.41, 5.74) is 4.81. The van der Waals surface area contributed by atoms with E-state index in [0.717, 1.165) is 38.3 Å². The number of benzene rings is 2. The Kier molecular flexibility index (Phi) is 5.19. The normalized spacial score (nSPS) is 15.4. The molecule has 0 atom stereocenters. The summed E-state index contributed by atoms with van der Waals surface area (Å²) in [5.74, 6) is 0.195. The van der Waals surface area contributed by atoms with Gasteiger partial charge in [-0.1, -0.05) is 41.9 Å². The molecular formula is C22H24ClN3O. The number of aromatic amines is 1. The van der Waals surface area contributed by atoms with Crippen LogP contribution in [0.4, 0.5) is 0 Å². The van der Waals surface area contributed by atoms with Crippen molar-refractivity contribution in [2.45, 2.75) is 19.9 Å². The van der Waals surface area contributed by atoms with E-state index in [1.54, 1.807) is 0 Å². The van der Waals surface area contributed by atoms with Crippen LogP contribution in [-0.4, -0.2) is 46.9 Å². The molecule has 1 amide bonds. The summed E-state index contributed by atoms with van der Waals surface area (Å²) >= 11 is 5.92. The number of nitrogens with one attached hydrogen (secondary N) is 1. The number of hydrogen-bond donors (Lipinski definition) is 1. The van der Waals surface area contributed by atoms with Gasteiger partial charge in [-0.2, -0.15) is 0 Å². The third kappa shape index (κ3) is 4.02. The maximum Gasteiger partial charge on any atom is 0.227 e. The predicted octanol–water partition coefficient (Wildman–Crippen LogP) is 4.02. The fraction of sp³-hybridized carbons (Fsp3) is 0.318. The van der Waals surface area contributed by atoms with Gasteiger partial charge in [0.15, 0.2) is 0 Å². The number of para-hydroxylation sites is 1. The number of aryl methyl sites for hydroxylation is 1. The minimum absolute atomic E-state index is 0.195. The summed E-state index contributed by atoms with van der Waals surface area (Å²) in [6.07, 6.45) is 0.443. The topological polar surface area (TPSA) is 39.3 Å². The van der Waals surface area contributed by atoms with E-state index >= 15 is 0 Å². The van der Waals surface area contributed by atoms with Crippen molar-refractivity contribution in [1.29, 1.82) is 0 Å². The third-order valence-electron chi connectivity index (χ3n) is 5.40. The summed E-state index contributed by atoms with van der Waals surface area (Å²) in [6, 6.07) is 16.0. The van der Waals surface area contributed by atoms with Crippen molar-refractivity contribution in [3.63, 3.8) is 0 Å². The van der Waals surface area contributed by atoms with Crippen LogP contribution in [0, 0.1) is 6.92 Å². The Labute approximate surface area is 164 Å². The van der Waals surface area contributed by atoms with E-state index < -0.39 is 0 Å². The van der Waals surface area contributed by atoms with E-state index in [-0.39, 0.29) is 5.91 Å². The Balaban J connectivity index is 1.35. The zero-order chi connectivity index (χ0) is 18.8. The predicted molar refractivity (Wildman–Crippen MR) is 110 cm³/mol. The van der Waals surface area contributed by atoms with Gasteiger partial charge in [-0.05, 0) is 36.2 Å². The Morgan fingerprint density at radius 1 is 1.04 bits per heavy atom. The number of hydrogen-bond acceptors (Lipinski definition) is 2. The third-order valence-corrected chi connectivity index (χ3v) is 5.65. The first-order chi connectivity index (χ1) is 13.1. The van der Waals surface area contributed by atoms with E-state index in [4.69, 9.17) is 11.6 Å². The number of carbonyl (C=O) groups excluding carboxylic acids is 1. The largest absolute Gasteiger partial charge is 0.358 e. The van der Waals surface area contributed by atoms with Crippen LogP contribution in [0.2, 0.25) is 5.02 Å². The van der Waals surface area contributed by atoms with Gasteiger partial charge in [0.25, 0.3) is 0 Å². The van der Waals surface area contributed by atoms with E-state index in [2.05, 4.69) is 41.1 Å². The summed E-state index contributed by atoms with van der Waals surface area (Å²) in [5, 5.41) is 2.00. The lowest BCUT2D eigenvalue weighted by Crippen LogP contribution is -2.48. The summed E-state index contributed by atoms with van der Waals surface area (Å²) < 4.78 is 0. The molecule has 0 unspecified atom stereocenters. The van der Waals surface area contributed by atoms with Crippen molar-refractivity contribution < 1.29 is 4.79 Å². The molecule has 2 aromatic carbocycles. The number of amides is 1. The lowest BCUT2D eigenvalue weighted by molar-refractivity contribution is -0.132. The first-order valence-corrected chi connectivity index (χ1v) is 9.79. The second-order valence-corrected chi connectivity index (χ2v) is 7.67. The molecule has 0 saturated carbocycles. The fourth-order valence-corrected chi connectivity index (χ4v) is 3.93. The van der Waals surface area contributed by atoms with Gasteiger partial charge in [-0.3, -0.25) is 9.69 Å². The van der Waals surface area contributed by atoms with Gasteiger partial charge in [0, 0.05) is 54.3 Å². The lowest BCUT2D eigenvalue weighted by Gasteiger charge is -2.35. The van der Waals surface area contributed by atoms with Crippen molar-refractivity contribution in [2.24, 2.45) is 0 Å². The molecule has 2 heterocycles. The van der Waals surface area contributed by atoms with Crippen LogP contribution in [-0.2, 0) is 17.8 Å². The molecule has 4 nitrogen and oxygen atoms in total. The Morgan fingerprint density at radius 3 is 2.48 bits per heavy atom. The Bertz CT molecular complexity index is 940. The molecular weight excluding hydrogens is 358 g/mol. The molecule has 1 fully saturated rings. The number of aromatic nitrogens is 1. The lowest BCUT2D eigenvalue weighted by atomic mass is 10.1. The molecule has 5 heteroatoms. The van der Waals surface area contributed by atoms with Crippen LogP contribution in [0.25, 0.3) is 10.9 Å². The smallest absolute Gasteiger partial charge is 0.227 e. The molecule has 1 N–H and O–H groups in total. The molecule has 0 aliphatic carbocycles. The maximum atomic E-state index is 12.6. The average Bonchev–Trinajstić information content (AvgIpc) is 2.99. The highest BCUT2D eigenvalue weighted by atomic mass is 35.5. The summed E-state index contributed by atoms with van der Waals surface area (Å²) in [4.78, 5) is 20.5. The number of rotatable bonds is 4. The van der Waals surface area contributed by atoms with Gasteiger partial charge >= 0.3 is 0 Å². The van der Waals surface area contributed by atoms with Crippen LogP contribution >= 0.6 is 11.6 Å². The van der Waals surface area contributed by atoms with Crippen molar-refractivity contribution in [3.05, 3.63) is 70.4 Å². The Hall–Kier alpha value is -2.30. The minimum Gasteiger partial charge on any atom is -0.358 e. The molecule has 27 heavy (non-hydrogen) atoms. The average molecular weight is 382 g/mol. The number of piperazine rings is 1. The molecule has 4 rings (SSSR count). The van der Waals surface area contributed by atoms with Crippen molar-refractivity contribution in [1.82, 2.24) is 14.8 Å². The molecule has 0 spiro atoms. The minimum atomic E-state index is 0.195. The molecule has 0 bridgehead atoms. The van der Waals surface area contributed by atoms with Crippen LogP contribution < -0.4 is 0 Å². The zero-order valence-electron chi connectivity index (χ0n) is 15.5. The second kappa shape index (κ2) is 7.75. The van der Waals surface area contributed by atoms with E-state index in [1.165, 1.54) is 22.2 Å². The summed E-state index contributed by atoms with van der Waals surface area (Å²) in [7, 11) is 0. The Morgan fingerprint density at radius 2 is 1.74 bits per heavy atom. The van der Waals surface area contributed by atoms with E-state index in [1.807, 2.05) is 29.2 Å². The second-order valence-electron chi connectivity index (χ2n) is 7.23. The number of halogens is 1. The van der Waals surface area contributed by atoms with Crippen molar-refractivity contribution in [2.75, 3.05) is 26.2 Å². The van der Waals surface area contributed by atoms with Gasteiger partial charge in [0.2, 0.25) is 5.91 Å². The molecule has 1 aliphatic rings. The van der Waals surface area contributed by atoms with E-state index in [0.29, 0.717) is 11.4 Å². The van der Waals surface area contributed by atoms with Crippen LogP contribution in [0.15, 0.2) is 48.5 Å². The maximum absolute atomic E-state index is 12.6. The van der Waals surface area contributed by atoms with Gasteiger partial charge in [0.05, 0.1) is 6.42 Å². The van der Waals surface area contributed by atoms with Crippen molar-refractivity contribution in [3.8, 4) is 0 Å². The van der Waals surface area contributed by atoms with Gasteiger partial charge in [-0.15, -0.1) is 0 Å². The van der Waals surface area contributed by atoms with Crippen molar-refractivity contribution >= 4 is 28.4 Å². The standard InChI is InChI=1S/C22H24ClN3O/c1-16-20(19-4-2-3-5-21(19)24-16)15-25-10-12-26(13-11-25)22(27)14-17-6-8-18(23)9-7-17/h2-9,24H,10-15H2,1H3. The van der Waals surface area contributed by atoms with Crippen LogP contribution in [0.1, 0.15) is 16.8 Å². The molecule has 0 radical (unpaired) electrons. The SMILES string of the molecule is Cc1[nH]c2ccccc2c1CN1CCN(C(=O)Cc2ccc(Cl)cc2)CC1. The molecule has 1 aromatic heterocycles. The highest BCUT2D eigenvalue weighted by molar-refractivity contribution is 6.30.